The fourth-order valence-corrected chi connectivity index (χ4v) is 2.26. The van der Waals surface area contributed by atoms with Crippen molar-refractivity contribution in [2.75, 3.05) is 6.54 Å². The second-order valence-corrected chi connectivity index (χ2v) is 6.11. The molecule has 0 bridgehead atoms. The minimum Gasteiger partial charge on any atom is -0.352 e. The molecule has 0 radical (unpaired) electrons. The van der Waals surface area contributed by atoms with Crippen LogP contribution >= 0.6 is 11.3 Å². The zero-order valence-corrected chi connectivity index (χ0v) is 13.8. The van der Waals surface area contributed by atoms with Crippen molar-refractivity contribution in [3.63, 3.8) is 0 Å². The van der Waals surface area contributed by atoms with Crippen LogP contribution in [0.15, 0.2) is 5.38 Å². The Balaban J connectivity index is 2.24. The van der Waals surface area contributed by atoms with Crippen LogP contribution in [0.2, 0.25) is 0 Å². The summed E-state index contributed by atoms with van der Waals surface area (Å²) in [5, 5.41) is 11.2. The number of carbonyl (C=O) groups excluding carboxylic acids is 2. The van der Waals surface area contributed by atoms with E-state index >= 15 is 0 Å². The topological polar surface area (TPSA) is 83.1 Å². The first-order chi connectivity index (χ1) is 9.92. The van der Waals surface area contributed by atoms with E-state index in [1.165, 1.54) is 0 Å². The van der Waals surface area contributed by atoms with Crippen molar-refractivity contribution in [3.05, 3.63) is 16.1 Å². The van der Waals surface area contributed by atoms with Gasteiger partial charge in [0, 0.05) is 24.4 Å². The molecule has 0 aliphatic carbocycles. The molecular weight excluding hydrogens is 288 g/mol. The van der Waals surface area contributed by atoms with Crippen LogP contribution in [0.3, 0.4) is 0 Å². The Hall–Kier alpha value is -1.63. The minimum atomic E-state index is -0.555. The minimum absolute atomic E-state index is 0.109. The van der Waals surface area contributed by atoms with Crippen LogP contribution in [0, 0.1) is 6.92 Å². The van der Waals surface area contributed by atoms with Gasteiger partial charge in [0.1, 0.15) is 6.04 Å². The number of urea groups is 1. The maximum atomic E-state index is 11.8. The Labute approximate surface area is 129 Å². The van der Waals surface area contributed by atoms with E-state index in [1.807, 2.05) is 26.2 Å². The van der Waals surface area contributed by atoms with Crippen LogP contribution in [0.5, 0.6) is 0 Å². The van der Waals surface area contributed by atoms with Crippen molar-refractivity contribution in [3.8, 4) is 0 Å². The Morgan fingerprint density at radius 3 is 2.62 bits per heavy atom. The summed E-state index contributed by atoms with van der Waals surface area (Å²) in [7, 11) is 0. The predicted molar refractivity (Wildman–Crippen MR) is 84.4 cm³/mol. The molecule has 0 saturated heterocycles. The molecule has 1 heterocycles. The summed E-state index contributed by atoms with van der Waals surface area (Å²) in [5.41, 5.74) is 0.973. The van der Waals surface area contributed by atoms with Gasteiger partial charge in [0.15, 0.2) is 0 Å². The van der Waals surface area contributed by atoms with E-state index in [-0.39, 0.29) is 18.0 Å². The third kappa shape index (κ3) is 6.57. The Morgan fingerprint density at radius 2 is 2.05 bits per heavy atom. The van der Waals surface area contributed by atoms with Crippen LogP contribution in [0.25, 0.3) is 0 Å². The van der Waals surface area contributed by atoms with Crippen LogP contribution in [-0.4, -0.2) is 35.6 Å². The summed E-state index contributed by atoms with van der Waals surface area (Å²) in [4.78, 5) is 27.8. The number of aryl methyl sites for hydroxylation is 1. The number of rotatable bonds is 7. The molecule has 1 aromatic rings. The maximum Gasteiger partial charge on any atom is 0.315 e. The SMILES string of the molecule is CC[C@@H](C)NC(=O)[C@H](C)NC(=O)NCCc1csc(C)n1. The smallest absolute Gasteiger partial charge is 0.315 e. The summed E-state index contributed by atoms with van der Waals surface area (Å²) < 4.78 is 0. The largest absolute Gasteiger partial charge is 0.352 e. The molecule has 1 rings (SSSR count). The van der Waals surface area contributed by atoms with Gasteiger partial charge in [-0.25, -0.2) is 9.78 Å². The lowest BCUT2D eigenvalue weighted by atomic mass is 10.2. The van der Waals surface area contributed by atoms with Crippen LogP contribution in [0.1, 0.15) is 37.9 Å². The van der Waals surface area contributed by atoms with Crippen molar-refractivity contribution in [1.29, 1.82) is 0 Å². The molecule has 118 valence electrons. The third-order valence-corrected chi connectivity index (χ3v) is 3.90. The summed E-state index contributed by atoms with van der Waals surface area (Å²) in [6, 6.07) is -0.785. The van der Waals surface area contributed by atoms with E-state index in [2.05, 4.69) is 20.9 Å². The van der Waals surface area contributed by atoms with Gasteiger partial charge in [-0.15, -0.1) is 11.3 Å². The molecule has 0 unspecified atom stereocenters. The number of nitrogens with one attached hydrogen (secondary N) is 3. The van der Waals surface area contributed by atoms with Gasteiger partial charge in [-0.2, -0.15) is 0 Å². The monoisotopic (exact) mass is 312 g/mol. The standard InChI is InChI=1S/C14H24N4O2S/c1-5-9(2)16-13(19)10(3)17-14(20)15-7-6-12-8-21-11(4)18-12/h8-10H,5-7H2,1-4H3,(H,16,19)(H2,15,17,20)/t9-,10+/m1/s1. The molecule has 3 N–H and O–H groups in total. The van der Waals surface area contributed by atoms with Gasteiger partial charge >= 0.3 is 6.03 Å². The van der Waals surface area contributed by atoms with Gasteiger partial charge in [-0.05, 0) is 27.2 Å². The Kier molecular flexibility index (Phi) is 7.14. The van der Waals surface area contributed by atoms with Crippen LogP contribution < -0.4 is 16.0 Å². The fraction of sp³-hybridized carbons (Fsp3) is 0.643. The lowest BCUT2D eigenvalue weighted by molar-refractivity contribution is -0.123. The third-order valence-electron chi connectivity index (χ3n) is 3.08. The number of carbonyl (C=O) groups is 2. The molecule has 6 nitrogen and oxygen atoms in total. The van der Waals surface area contributed by atoms with Crippen molar-refractivity contribution in [2.24, 2.45) is 0 Å². The summed E-state index contributed by atoms with van der Waals surface area (Å²) in [6.45, 7) is 8.04. The molecule has 0 spiro atoms. The molecule has 21 heavy (non-hydrogen) atoms. The number of hydrogen-bond acceptors (Lipinski definition) is 4. The van der Waals surface area contributed by atoms with Gasteiger partial charge in [0.05, 0.1) is 10.7 Å². The Bertz CT molecular complexity index is 475. The van der Waals surface area contributed by atoms with Gasteiger partial charge in [-0.1, -0.05) is 6.92 Å². The summed E-state index contributed by atoms with van der Waals surface area (Å²) >= 11 is 1.59. The second-order valence-electron chi connectivity index (χ2n) is 5.05. The molecule has 7 heteroatoms. The van der Waals surface area contributed by atoms with E-state index in [0.717, 1.165) is 17.1 Å². The first kappa shape index (κ1) is 17.4. The van der Waals surface area contributed by atoms with Crippen molar-refractivity contribution in [2.45, 2.75) is 52.6 Å². The van der Waals surface area contributed by atoms with Gasteiger partial charge < -0.3 is 16.0 Å². The normalized spacial score (nSPS) is 13.3. The highest BCUT2D eigenvalue weighted by atomic mass is 32.1. The Morgan fingerprint density at radius 1 is 1.33 bits per heavy atom. The zero-order valence-electron chi connectivity index (χ0n) is 13.0. The highest BCUT2D eigenvalue weighted by Gasteiger charge is 2.16. The van der Waals surface area contributed by atoms with E-state index in [0.29, 0.717) is 13.0 Å². The second kappa shape index (κ2) is 8.61. The average molecular weight is 312 g/mol. The predicted octanol–water partition coefficient (Wildman–Crippen LogP) is 1.60. The first-order valence-corrected chi connectivity index (χ1v) is 8.06. The van der Waals surface area contributed by atoms with Gasteiger partial charge in [0.2, 0.25) is 5.91 Å². The van der Waals surface area contributed by atoms with E-state index < -0.39 is 6.04 Å². The molecule has 1 aromatic heterocycles. The molecule has 0 fully saturated rings. The maximum absolute atomic E-state index is 11.8. The lowest BCUT2D eigenvalue weighted by Gasteiger charge is -2.17. The number of aromatic nitrogens is 1. The number of hydrogen-bond donors (Lipinski definition) is 3. The van der Waals surface area contributed by atoms with Gasteiger partial charge in [0.25, 0.3) is 0 Å². The molecule has 0 aromatic carbocycles. The van der Waals surface area contributed by atoms with E-state index in [4.69, 9.17) is 0 Å². The van der Waals surface area contributed by atoms with Crippen LogP contribution in [-0.2, 0) is 11.2 Å². The van der Waals surface area contributed by atoms with E-state index in [9.17, 15) is 9.59 Å². The molecule has 0 aliphatic rings. The fourth-order valence-electron chi connectivity index (χ4n) is 1.61. The number of thiazole rings is 1. The lowest BCUT2D eigenvalue weighted by Crippen LogP contribution is -2.50. The molecular formula is C14H24N4O2S. The van der Waals surface area contributed by atoms with Crippen molar-refractivity contribution < 1.29 is 9.59 Å². The summed E-state index contributed by atoms with van der Waals surface area (Å²) in [6.07, 6.45) is 1.54. The molecule has 3 amide bonds. The van der Waals surface area contributed by atoms with E-state index in [1.54, 1.807) is 18.3 Å². The summed E-state index contributed by atoms with van der Waals surface area (Å²) in [5.74, 6) is -0.172. The van der Waals surface area contributed by atoms with Gasteiger partial charge in [-0.3, -0.25) is 4.79 Å². The quantitative estimate of drug-likeness (QED) is 0.715. The number of amides is 3. The molecule has 0 saturated carbocycles. The molecule has 0 aliphatic heterocycles. The highest BCUT2D eigenvalue weighted by molar-refractivity contribution is 7.09. The van der Waals surface area contributed by atoms with Crippen LogP contribution in [0.4, 0.5) is 4.79 Å². The first-order valence-electron chi connectivity index (χ1n) is 7.18. The van der Waals surface area contributed by atoms with Crippen molar-refractivity contribution >= 4 is 23.3 Å². The molecule has 2 atom stereocenters. The van der Waals surface area contributed by atoms with Crippen molar-refractivity contribution in [1.82, 2.24) is 20.9 Å². The highest BCUT2D eigenvalue weighted by Crippen LogP contribution is 2.07. The average Bonchev–Trinajstić information content (AvgIpc) is 2.84. The zero-order chi connectivity index (χ0) is 15.8. The number of nitrogens with zero attached hydrogens (tertiary/aromatic N) is 1.